The summed E-state index contributed by atoms with van der Waals surface area (Å²) in [5, 5.41) is 0. The van der Waals surface area contributed by atoms with Crippen LogP contribution in [-0.2, 0) is 6.54 Å². The zero-order chi connectivity index (χ0) is 14.1. The van der Waals surface area contributed by atoms with Crippen LogP contribution < -0.4 is 16.2 Å². The van der Waals surface area contributed by atoms with Crippen LogP contribution in [0.1, 0.15) is 43.7 Å². The normalized spacial score (nSPS) is 10.2. The Balaban J connectivity index is 2.58. The van der Waals surface area contributed by atoms with Gasteiger partial charge in [-0.2, -0.15) is 0 Å². The Morgan fingerprint density at radius 3 is 2.68 bits per heavy atom. The predicted octanol–water partition coefficient (Wildman–Crippen LogP) is 2.73. The van der Waals surface area contributed by atoms with Crippen molar-refractivity contribution in [1.29, 1.82) is 0 Å². The average Bonchev–Trinajstić information content (AvgIpc) is 2.37. The summed E-state index contributed by atoms with van der Waals surface area (Å²) in [5.74, 6) is 0.996. The van der Waals surface area contributed by atoms with Crippen LogP contribution >= 0.6 is 0 Å². The highest BCUT2D eigenvalue weighted by Gasteiger charge is 2.04. The van der Waals surface area contributed by atoms with Crippen molar-refractivity contribution in [3.8, 4) is 5.75 Å². The first-order chi connectivity index (χ1) is 9.13. The molecular weight excluding hydrogens is 238 g/mol. The molecule has 4 N–H and O–H groups in total. The van der Waals surface area contributed by atoms with E-state index >= 15 is 0 Å². The molecule has 0 saturated heterocycles. The molecule has 0 unspecified atom stereocenters. The molecule has 1 aromatic rings. The van der Waals surface area contributed by atoms with Crippen molar-refractivity contribution in [3.05, 3.63) is 29.3 Å². The molecule has 1 rings (SSSR count). The number of aliphatic imine (C=N–C) groups is 1. The van der Waals surface area contributed by atoms with Crippen LogP contribution in [0.5, 0.6) is 5.75 Å². The Labute approximate surface area is 115 Å². The third kappa shape index (κ3) is 6.13. The minimum Gasteiger partial charge on any atom is -0.493 e. The lowest BCUT2D eigenvalue weighted by molar-refractivity contribution is 0.302. The molecule has 0 aliphatic carbocycles. The summed E-state index contributed by atoms with van der Waals surface area (Å²) in [6, 6.07) is 6.10. The molecule has 4 nitrogen and oxygen atoms in total. The molecule has 0 bridgehead atoms. The van der Waals surface area contributed by atoms with E-state index in [1.807, 2.05) is 25.1 Å². The van der Waals surface area contributed by atoms with Crippen molar-refractivity contribution in [2.75, 3.05) is 6.61 Å². The topological polar surface area (TPSA) is 73.6 Å². The van der Waals surface area contributed by atoms with Crippen molar-refractivity contribution in [1.82, 2.24) is 0 Å². The number of aryl methyl sites for hydroxylation is 1. The molecule has 0 heterocycles. The maximum atomic E-state index is 5.85. The molecule has 106 valence electrons. The predicted molar refractivity (Wildman–Crippen MR) is 80.3 cm³/mol. The van der Waals surface area contributed by atoms with Gasteiger partial charge in [0.1, 0.15) is 5.75 Å². The molecule has 0 radical (unpaired) electrons. The molecule has 0 aliphatic heterocycles. The molecule has 4 heteroatoms. The number of ether oxygens (including phenoxy) is 1. The van der Waals surface area contributed by atoms with E-state index in [2.05, 4.69) is 11.9 Å². The fourth-order valence-electron chi connectivity index (χ4n) is 1.81. The number of nitrogens with zero attached hydrogens (tertiary/aromatic N) is 1. The van der Waals surface area contributed by atoms with Gasteiger partial charge in [0.15, 0.2) is 5.96 Å². The van der Waals surface area contributed by atoms with Gasteiger partial charge in [-0.15, -0.1) is 0 Å². The third-order valence-corrected chi connectivity index (χ3v) is 2.91. The zero-order valence-electron chi connectivity index (χ0n) is 12.0. The van der Waals surface area contributed by atoms with Crippen molar-refractivity contribution in [2.45, 2.75) is 46.1 Å². The zero-order valence-corrected chi connectivity index (χ0v) is 12.0. The molecule has 0 saturated carbocycles. The van der Waals surface area contributed by atoms with Crippen molar-refractivity contribution >= 4 is 5.96 Å². The van der Waals surface area contributed by atoms with Crippen molar-refractivity contribution in [3.63, 3.8) is 0 Å². The third-order valence-electron chi connectivity index (χ3n) is 2.91. The minimum absolute atomic E-state index is 0.106. The number of hydrogen-bond donors (Lipinski definition) is 2. The van der Waals surface area contributed by atoms with Crippen LogP contribution in [0.2, 0.25) is 0 Å². The lowest BCUT2D eigenvalue weighted by Crippen LogP contribution is -2.22. The standard InChI is InChI=1S/C15H25N3O/c1-3-4-5-6-9-19-14-10-12(2)7-8-13(14)11-18-15(16)17/h7-8,10H,3-6,9,11H2,1-2H3,(H4,16,17,18). The van der Waals surface area contributed by atoms with E-state index < -0.39 is 0 Å². The van der Waals surface area contributed by atoms with E-state index in [9.17, 15) is 0 Å². The molecular formula is C15H25N3O. The van der Waals surface area contributed by atoms with Gasteiger partial charge < -0.3 is 16.2 Å². The first-order valence-corrected chi connectivity index (χ1v) is 6.91. The Morgan fingerprint density at radius 2 is 2.00 bits per heavy atom. The largest absolute Gasteiger partial charge is 0.493 e. The lowest BCUT2D eigenvalue weighted by Gasteiger charge is -2.11. The van der Waals surface area contributed by atoms with Gasteiger partial charge in [-0.25, -0.2) is 4.99 Å². The SMILES string of the molecule is CCCCCCOc1cc(C)ccc1CN=C(N)N. The summed E-state index contributed by atoms with van der Waals surface area (Å²) in [7, 11) is 0. The van der Waals surface area contributed by atoms with E-state index in [4.69, 9.17) is 16.2 Å². The van der Waals surface area contributed by atoms with Gasteiger partial charge in [-0.05, 0) is 25.0 Å². The Bertz CT molecular complexity index is 412. The van der Waals surface area contributed by atoms with E-state index in [1.54, 1.807) is 0 Å². The highest BCUT2D eigenvalue weighted by atomic mass is 16.5. The lowest BCUT2D eigenvalue weighted by atomic mass is 10.1. The summed E-state index contributed by atoms with van der Waals surface area (Å²) < 4.78 is 5.85. The summed E-state index contributed by atoms with van der Waals surface area (Å²) in [5.41, 5.74) is 12.9. The number of guanidine groups is 1. The van der Waals surface area contributed by atoms with Gasteiger partial charge in [-0.3, -0.25) is 0 Å². The second kappa shape index (κ2) is 8.40. The molecule has 0 atom stereocenters. The summed E-state index contributed by atoms with van der Waals surface area (Å²) in [6.45, 7) is 5.47. The fourth-order valence-corrected chi connectivity index (χ4v) is 1.81. The van der Waals surface area contributed by atoms with E-state index in [1.165, 1.54) is 24.8 Å². The Kier molecular flexibility index (Phi) is 6.79. The number of nitrogens with two attached hydrogens (primary N) is 2. The van der Waals surface area contributed by atoms with Gasteiger partial charge in [0.2, 0.25) is 0 Å². The summed E-state index contributed by atoms with van der Waals surface area (Å²) in [4.78, 5) is 4.04. The van der Waals surface area contributed by atoms with Crippen molar-refractivity contribution < 1.29 is 4.74 Å². The van der Waals surface area contributed by atoms with E-state index in [0.29, 0.717) is 6.54 Å². The highest BCUT2D eigenvalue weighted by Crippen LogP contribution is 2.21. The van der Waals surface area contributed by atoms with Gasteiger partial charge >= 0.3 is 0 Å². The second-order valence-electron chi connectivity index (χ2n) is 4.76. The number of rotatable bonds is 8. The molecule has 1 aromatic carbocycles. The van der Waals surface area contributed by atoms with Crippen LogP contribution in [0.15, 0.2) is 23.2 Å². The van der Waals surface area contributed by atoms with Gasteiger partial charge in [-0.1, -0.05) is 38.3 Å². The molecule has 0 spiro atoms. The van der Waals surface area contributed by atoms with E-state index in [0.717, 1.165) is 24.3 Å². The maximum absolute atomic E-state index is 5.85. The van der Waals surface area contributed by atoms with Crippen molar-refractivity contribution in [2.24, 2.45) is 16.5 Å². The summed E-state index contributed by atoms with van der Waals surface area (Å²) in [6.07, 6.45) is 4.80. The molecule has 0 aromatic heterocycles. The Hall–Kier alpha value is -1.71. The second-order valence-corrected chi connectivity index (χ2v) is 4.76. The van der Waals surface area contributed by atoms with Gasteiger partial charge in [0.25, 0.3) is 0 Å². The fraction of sp³-hybridized carbons (Fsp3) is 0.533. The Morgan fingerprint density at radius 1 is 1.21 bits per heavy atom. The minimum atomic E-state index is 0.106. The number of unbranched alkanes of at least 4 members (excludes halogenated alkanes) is 3. The first kappa shape index (κ1) is 15.3. The van der Waals surface area contributed by atoms with Crippen LogP contribution in [0.4, 0.5) is 0 Å². The average molecular weight is 263 g/mol. The quantitative estimate of drug-likeness (QED) is 0.430. The maximum Gasteiger partial charge on any atom is 0.186 e. The smallest absolute Gasteiger partial charge is 0.186 e. The van der Waals surface area contributed by atoms with Crippen LogP contribution in [0, 0.1) is 6.92 Å². The highest BCUT2D eigenvalue weighted by molar-refractivity contribution is 5.75. The summed E-state index contributed by atoms with van der Waals surface area (Å²) >= 11 is 0. The number of benzene rings is 1. The molecule has 0 amide bonds. The van der Waals surface area contributed by atoms with E-state index in [-0.39, 0.29) is 5.96 Å². The first-order valence-electron chi connectivity index (χ1n) is 6.91. The van der Waals surface area contributed by atoms with Crippen LogP contribution in [0.3, 0.4) is 0 Å². The van der Waals surface area contributed by atoms with Crippen LogP contribution in [-0.4, -0.2) is 12.6 Å². The van der Waals surface area contributed by atoms with Gasteiger partial charge in [0, 0.05) is 5.56 Å². The molecule has 0 fully saturated rings. The monoisotopic (exact) mass is 263 g/mol. The van der Waals surface area contributed by atoms with Crippen LogP contribution in [0.25, 0.3) is 0 Å². The molecule has 0 aliphatic rings. The van der Waals surface area contributed by atoms with Gasteiger partial charge in [0.05, 0.1) is 13.2 Å². The molecule has 19 heavy (non-hydrogen) atoms. The number of hydrogen-bond acceptors (Lipinski definition) is 2.